The van der Waals surface area contributed by atoms with Gasteiger partial charge in [-0.1, -0.05) is 0 Å². The molecule has 4 rings (SSSR count). The van der Waals surface area contributed by atoms with E-state index in [-0.39, 0.29) is 5.91 Å². The fourth-order valence-corrected chi connectivity index (χ4v) is 4.33. The standard InChI is InChI=1S/C20H26N2O7/c1-26-15-9-12-13(10-16(15)27-2)22(11-23)20(29-17-5-3-4-8-28-17)18-14(24)6-7-21(18)19(12)25/h9-11,14,17-18,20,24H,3-8H2,1-2H3/t14-,17?,18-,20?/m0/s1. The number of methoxy groups -OCH3 is 2. The van der Waals surface area contributed by atoms with Gasteiger partial charge in [0.05, 0.1) is 31.6 Å². The van der Waals surface area contributed by atoms with E-state index in [1.165, 1.54) is 19.1 Å². The fourth-order valence-electron chi connectivity index (χ4n) is 4.33. The number of hydrogen-bond acceptors (Lipinski definition) is 7. The summed E-state index contributed by atoms with van der Waals surface area (Å²) in [7, 11) is 2.97. The van der Waals surface area contributed by atoms with Gasteiger partial charge in [-0.3, -0.25) is 14.5 Å². The topological polar surface area (TPSA) is 97.8 Å². The van der Waals surface area contributed by atoms with E-state index < -0.39 is 24.7 Å². The molecule has 3 heterocycles. The van der Waals surface area contributed by atoms with Crippen molar-refractivity contribution in [3.05, 3.63) is 17.7 Å². The van der Waals surface area contributed by atoms with E-state index in [9.17, 15) is 14.7 Å². The van der Waals surface area contributed by atoms with Crippen molar-refractivity contribution >= 4 is 18.0 Å². The van der Waals surface area contributed by atoms with E-state index in [0.29, 0.717) is 55.2 Å². The Hall–Kier alpha value is -2.36. The van der Waals surface area contributed by atoms with Crippen LogP contribution in [0.4, 0.5) is 5.69 Å². The zero-order valence-corrected chi connectivity index (χ0v) is 16.6. The SMILES string of the molecule is COc1cc2c(cc1OC)N(C=O)C(OC1CCCCO1)[C@@H]1[C@@H](O)CCN1C2=O. The Labute approximate surface area is 169 Å². The highest BCUT2D eigenvalue weighted by atomic mass is 16.7. The minimum atomic E-state index is -0.878. The Morgan fingerprint density at radius 3 is 2.59 bits per heavy atom. The van der Waals surface area contributed by atoms with Gasteiger partial charge < -0.3 is 29.0 Å². The number of amides is 2. The molecule has 1 aromatic carbocycles. The van der Waals surface area contributed by atoms with Gasteiger partial charge >= 0.3 is 0 Å². The third-order valence-electron chi connectivity index (χ3n) is 5.80. The average molecular weight is 406 g/mol. The highest BCUT2D eigenvalue weighted by Gasteiger charge is 2.49. The van der Waals surface area contributed by atoms with Crippen LogP contribution in [0.15, 0.2) is 12.1 Å². The summed E-state index contributed by atoms with van der Waals surface area (Å²) < 4.78 is 22.6. The van der Waals surface area contributed by atoms with Crippen LogP contribution in [0.2, 0.25) is 0 Å². The molecule has 0 radical (unpaired) electrons. The van der Waals surface area contributed by atoms with E-state index in [2.05, 4.69) is 0 Å². The number of ether oxygens (including phenoxy) is 4. The predicted molar refractivity (Wildman–Crippen MR) is 102 cm³/mol. The fraction of sp³-hybridized carbons (Fsp3) is 0.600. The van der Waals surface area contributed by atoms with Gasteiger partial charge in [-0.25, -0.2) is 0 Å². The van der Waals surface area contributed by atoms with Gasteiger partial charge in [0.25, 0.3) is 5.91 Å². The number of fused-ring (bicyclic) bond motifs is 2. The minimum Gasteiger partial charge on any atom is -0.493 e. The highest BCUT2D eigenvalue weighted by Crippen LogP contribution is 2.41. The molecule has 2 unspecified atom stereocenters. The van der Waals surface area contributed by atoms with E-state index in [1.807, 2.05) is 0 Å². The van der Waals surface area contributed by atoms with E-state index >= 15 is 0 Å². The van der Waals surface area contributed by atoms with Crippen molar-refractivity contribution in [3.8, 4) is 11.5 Å². The first-order valence-electron chi connectivity index (χ1n) is 9.84. The first kappa shape index (κ1) is 19.9. The van der Waals surface area contributed by atoms with Crippen molar-refractivity contribution in [3.63, 3.8) is 0 Å². The highest BCUT2D eigenvalue weighted by molar-refractivity contribution is 6.04. The van der Waals surface area contributed by atoms with Gasteiger partial charge in [0, 0.05) is 19.2 Å². The van der Waals surface area contributed by atoms with Gasteiger partial charge in [0.15, 0.2) is 24.0 Å². The molecule has 9 heteroatoms. The van der Waals surface area contributed by atoms with Crippen molar-refractivity contribution in [2.45, 2.75) is 50.3 Å². The summed E-state index contributed by atoms with van der Waals surface area (Å²) in [5, 5.41) is 10.7. The van der Waals surface area contributed by atoms with Gasteiger partial charge in [-0.15, -0.1) is 0 Å². The van der Waals surface area contributed by atoms with E-state index in [0.717, 1.165) is 12.8 Å². The van der Waals surface area contributed by atoms with E-state index in [1.54, 1.807) is 17.0 Å². The van der Waals surface area contributed by atoms with Crippen LogP contribution in [0.25, 0.3) is 0 Å². The summed E-state index contributed by atoms with van der Waals surface area (Å²) >= 11 is 0. The molecular weight excluding hydrogens is 380 g/mol. The number of anilines is 1. The van der Waals surface area contributed by atoms with Crippen molar-refractivity contribution in [2.24, 2.45) is 0 Å². The maximum Gasteiger partial charge on any atom is 0.256 e. The lowest BCUT2D eigenvalue weighted by Gasteiger charge is -2.38. The molecular formula is C20H26N2O7. The molecule has 1 N–H and O–H groups in total. The molecule has 0 aliphatic carbocycles. The van der Waals surface area contributed by atoms with Crippen LogP contribution >= 0.6 is 0 Å². The molecule has 0 aromatic heterocycles. The van der Waals surface area contributed by atoms with Crippen LogP contribution in [0.1, 0.15) is 36.0 Å². The maximum absolute atomic E-state index is 13.3. The van der Waals surface area contributed by atoms with Gasteiger partial charge in [0.1, 0.15) is 6.04 Å². The molecule has 1 aromatic rings. The number of hydrogen-bond donors (Lipinski definition) is 1. The Morgan fingerprint density at radius 2 is 1.93 bits per heavy atom. The third kappa shape index (κ3) is 3.43. The summed E-state index contributed by atoms with van der Waals surface area (Å²) in [4.78, 5) is 28.5. The Kier molecular flexibility index (Phi) is 5.62. The molecule has 158 valence electrons. The van der Waals surface area contributed by atoms with E-state index in [4.69, 9.17) is 18.9 Å². The molecule has 9 nitrogen and oxygen atoms in total. The van der Waals surface area contributed by atoms with Gasteiger partial charge in [0.2, 0.25) is 6.41 Å². The van der Waals surface area contributed by atoms with Crippen LogP contribution in [0.5, 0.6) is 11.5 Å². The molecule has 4 atom stereocenters. The molecule has 3 aliphatic rings. The van der Waals surface area contributed by atoms with Gasteiger partial charge in [-0.2, -0.15) is 0 Å². The number of benzene rings is 1. The molecule has 2 saturated heterocycles. The van der Waals surface area contributed by atoms with Crippen LogP contribution in [0.3, 0.4) is 0 Å². The normalized spacial score (nSPS) is 29.1. The molecule has 2 amide bonds. The van der Waals surface area contributed by atoms with Crippen LogP contribution in [-0.4, -0.2) is 74.4 Å². The quantitative estimate of drug-likeness (QED) is 0.732. The zero-order chi connectivity index (χ0) is 20.5. The molecule has 0 bridgehead atoms. The third-order valence-corrected chi connectivity index (χ3v) is 5.80. The second kappa shape index (κ2) is 8.17. The predicted octanol–water partition coefficient (Wildman–Crippen LogP) is 1.12. The second-order valence-electron chi connectivity index (χ2n) is 7.40. The van der Waals surface area contributed by atoms with Crippen molar-refractivity contribution in [1.29, 1.82) is 0 Å². The van der Waals surface area contributed by atoms with Crippen molar-refractivity contribution in [1.82, 2.24) is 4.90 Å². The Morgan fingerprint density at radius 1 is 1.17 bits per heavy atom. The zero-order valence-electron chi connectivity index (χ0n) is 16.6. The van der Waals surface area contributed by atoms with Crippen LogP contribution in [0, 0.1) is 0 Å². The Balaban J connectivity index is 1.81. The Bertz CT molecular complexity index is 780. The number of carbonyl (C=O) groups is 2. The first-order chi connectivity index (χ1) is 14.1. The summed E-state index contributed by atoms with van der Waals surface area (Å²) in [6.45, 7) is 0.951. The summed E-state index contributed by atoms with van der Waals surface area (Å²) in [6.07, 6.45) is 1.46. The van der Waals surface area contributed by atoms with Crippen LogP contribution < -0.4 is 14.4 Å². The number of nitrogens with zero attached hydrogens (tertiary/aromatic N) is 2. The van der Waals surface area contributed by atoms with Crippen molar-refractivity contribution < 1.29 is 33.6 Å². The molecule has 3 aliphatic heterocycles. The monoisotopic (exact) mass is 406 g/mol. The summed E-state index contributed by atoms with van der Waals surface area (Å²) in [5.74, 6) is 0.489. The smallest absolute Gasteiger partial charge is 0.256 e. The summed E-state index contributed by atoms with van der Waals surface area (Å²) in [6, 6.07) is 2.46. The minimum absolute atomic E-state index is 0.287. The lowest BCUT2D eigenvalue weighted by atomic mass is 10.1. The molecule has 0 spiro atoms. The lowest BCUT2D eigenvalue weighted by Crippen LogP contribution is -2.55. The molecule has 2 fully saturated rings. The molecule has 29 heavy (non-hydrogen) atoms. The average Bonchev–Trinajstić information content (AvgIpc) is 3.10. The van der Waals surface area contributed by atoms with Crippen LogP contribution in [-0.2, 0) is 14.3 Å². The number of aliphatic hydroxyl groups excluding tert-OH is 1. The number of aliphatic hydroxyl groups is 1. The van der Waals surface area contributed by atoms with Gasteiger partial charge in [-0.05, 0) is 31.7 Å². The number of carbonyl (C=O) groups excluding carboxylic acids is 2. The summed E-state index contributed by atoms with van der Waals surface area (Å²) in [5.41, 5.74) is 0.648. The largest absolute Gasteiger partial charge is 0.493 e. The number of rotatable bonds is 5. The second-order valence-corrected chi connectivity index (χ2v) is 7.40. The lowest BCUT2D eigenvalue weighted by molar-refractivity contribution is -0.200. The van der Waals surface area contributed by atoms with Crippen molar-refractivity contribution in [2.75, 3.05) is 32.3 Å². The molecule has 0 saturated carbocycles. The maximum atomic E-state index is 13.3. The first-order valence-corrected chi connectivity index (χ1v) is 9.84.